The van der Waals surface area contributed by atoms with E-state index in [2.05, 4.69) is 48.5 Å². The summed E-state index contributed by atoms with van der Waals surface area (Å²) >= 11 is 0. The van der Waals surface area contributed by atoms with Gasteiger partial charge >= 0.3 is 0 Å². The van der Waals surface area contributed by atoms with Crippen molar-refractivity contribution in [3.63, 3.8) is 0 Å². The molecule has 0 spiro atoms. The Morgan fingerprint density at radius 3 is 2.38 bits per heavy atom. The standard InChI is InChI=1S/C18H28N2O/c1-13(20(2)16-8-9-16)12-19-18(14-4-5-14)15-6-10-17(21-3)11-7-15/h6-7,10-11,13-14,16,18-19H,4-5,8-9,12H2,1-3H3. The summed E-state index contributed by atoms with van der Waals surface area (Å²) in [7, 11) is 3.99. The number of ether oxygens (including phenoxy) is 1. The van der Waals surface area contributed by atoms with Crippen LogP contribution in [0.25, 0.3) is 0 Å². The zero-order valence-electron chi connectivity index (χ0n) is 13.5. The van der Waals surface area contributed by atoms with Gasteiger partial charge in [0.1, 0.15) is 5.75 Å². The van der Waals surface area contributed by atoms with Crippen molar-refractivity contribution < 1.29 is 4.74 Å². The van der Waals surface area contributed by atoms with Gasteiger partial charge < -0.3 is 10.1 Å². The molecule has 2 aliphatic carbocycles. The summed E-state index contributed by atoms with van der Waals surface area (Å²) in [4.78, 5) is 2.53. The van der Waals surface area contributed by atoms with Gasteiger partial charge in [0.2, 0.25) is 0 Å². The first-order valence-electron chi connectivity index (χ1n) is 8.28. The highest BCUT2D eigenvalue weighted by Gasteiger charge is 2.33. The van der Waals surface area contributed by atoms with Crippen molar-refractivity contribution in [3.8, 4) is 5.75 Å². The lowest BCUT2D eigenvalue weighted by atomic mass is 10.0. The van der Waals surface area contributed by atoms with Crippen LogP contribution in [-0.2, 0) is 0 Å². The van der Waals surface area contributed by atoms with Gasteiger partial charge in [-0.05, 0) is 63.3 Å². The molecule has 3 nitrogen and oxygen atoms in total. The summed E-state index contributed by atoms with van der Waals surface area (Å²) < 4.78 is 5.26. The molecule has 0 radical (unpaired) electrons. The highest BCUT2D eigenvalue weighted by Crippen LogP contribution is 2.41. The third-order valence-electron chi connectivity index (χ3n) is 5.02. The summed E-state index contributed by atoms with van der Waals surface area (Å²) in [6, 6.07) is 10.5. The normalized spacial score (nSPS) is 21.3. The molecule has 2 fully saturated rings. The van der Waals surface area contributed by atoms with Crippen molar-refractivity contribution in [1.29, 1.82) is 0 Å². The molecule has 21 heavy (non-hydrogen) atoms. The van der Waals surface area contributed by atoms with Crippen molar-refractivity contribution in [2.75, 3.05) is 20.7 Å². The second-order valence-electron chi connectivity index (χ2n) is 6.74. The maximum absolute atomic E-state index is 5.26. The van der Waals surface area contributed by atoms with Crippen LogP contribution in [0, 0.1) is 5.92 Å². The molecule has 0 bridgehead atoms. The number of benzene rings is 1. The number of hydrogen-bond donors (Lipinski definition) is 1. The summed E-state index contributed by atoms with van der Waals surface area (Å²) in [6.07, 6.45) is 5.48. The molecule has 2 atom stereocenters. The molecule has 3 rings (SSSR count). The van der Waals surface area contributed by atoms with Gasteiger partial charge in [-0.25, -0.2) is 0 Å². The van der Waals surface area contributed by atoms with E-state index in [9.17, 15) is 0 Å². The first kappa shape index (κ1) is 14.9. The Kier molecular flexibility index (Phi) is 4.51. The predicted molar refractivity (Wildman–Crippen MR) is 86.7 cm³/mol. The van der Waals surface area contributed by atoms with Crippen molar-refractivity contribution in [2.24, 2.45) is 5.92 Å². The number of likely N-dealkylation sites (N-methyl/N-ethyl adjacent to an activating group) is 1. The van der Waals surface area contributed by atoms with E-state index in [0.717, 1.165) is 24.3 Å². The van der Waals surface area contributed by atoms with Gasteiger partial charge in [-0.1, -0.05) is 12.1 Å². The maximum atomic E-state index is 5.26. The minimum absolute atomic E-state index is 0.506. The smallest absolute Gasteiger partial charge is 0.118 e. The minimum atomic E-state index is 0.506. The number of methoxy groups -OCH3 is 1. The SMILES string of the molecule is COc1ccc(C(NCC(C)N(C)C2CC2)C2CC2)cc1. The quantitative estimate of drug-likeness (QED) is 0.795. The Balaban J connectivity index is 1.58. The average molecular weight is 288 g/mol. The van der Waals surface area contributed by atoms with Gasteiger partial charge in [0.25, 0.3) is 0 Å². The van der Waals surface area contributed by atoms with Gasteiger partial charge in [-0.2, -0.15) is 0 Å². The summed E-state index contributed by atoms with van der Waals surface area (Å²) in [5.41, 5.74) is 1.40. The van der Waals surface area contributed by atoms with Crippen molar-refractivity contribution in [3.05, 3.63) is 29.8 Å². The van der Waals surface area contributed by atoms with E-state index in [1.54, 1.807) is 7.11 Å². The maximum Gasteiger partial charge on any atom is 0.118 e. The average Bonchev–Trinajstić information content (AvgIpc) is 3.39. The van der Waals surface area contributed by atoms with Crippen LogP contribution in [-0.4, -0.2) is 37.7 Å². The number of nitrogens with one attached hydrogen (secondary N) is 1. The molecule has 1 N–H and O–H groups in total. The molecule has 0 aliphatic heterocycles. The monoisotopic (exact) mass is 288 g/mol. The Hall–Kier alpha value is -1.06. The summed E-state index contributed by atoms with van der Waals surface area (Å²) in [5, 5.41) is 3.82. The number of nitrogens with zero attached hydrogens (tertiary/aromatic N) is 1. The lowest BCUT2D eigenvalue weighted by molar-refractivity contribution is 0.233. The molecule has 1 aromatic carbocycles. The molecule has 1 aromatic rings. The minimum Gasteiger partial charge on any atom is -0.497 e. The van der Waals surface area contributed by atoms with Crippen LogP contribution >= 0.6 is 0 Å². The van der Waals surface area contributed by atoms with Crippen LogP contribution in [0.3, 0.4) is 0 Å². The van der Waals surface area contributed by atoms with Crippen molar-refractivity contribution in [1.82, 2.24) is 10.2 Å². The fourth-order valence-corrected chi connectivity index (χ4v) is 3.08. The van der Waals surface area contributed by atoms with Crippen molar-refractivity contribution >= 4 is 0 Å². The Bertz CT molecular complexity index is 451. The molecule has 116 valence electrons. The van der Waals surface area contributed by atoms with E-state index in [1.807, 2.05) is 0 Å². The molecule has 0 heterocycles. The third kappa shape index (κ3) is 3.78. The van der Waals surface area contributed by atoms with Gasteiger partial charge in [0.15, 0.2) is 0 Å². The molecule has 0 amide bonds. The lowest BCUT2D eigenvalue weighted by Gasteiger charge is -2.28. The highest BCUT2D eigenvalue weighted by atomic mass is 16.5. The van der Waals surface area contributed by atoms with Gasteiger partial charge in [-0.3, -0.25) is 4.90 Å². The van der Waals surface area contributed by atoms with Crippen LogP contribution in [0.4, 0.5) is 0 Å². The predicted octanol–water partition coefficient (Wildman–Crippen LogP) is 3.22. The van der Waals surface area contributed by atoms with Crippen molar-refractivity contribution in [2.45, 2.75) is 50.7 Å². The third-order valence-corrected chi connectivity index (χ3v) is 5.02. The fraction of sp³-hybridized carbons (Fsp3) is 0.667. The van der Waals surface area contributed by atoms with E-state index < -0.39 is 0 Å². The van der Waals surface area contributed by atoms with Crippen LogP contribution < -0.4 is 10.1 Å². The zero-order chi connectivity index (χ0) is 14.8. The van der Waals surface area contributed by atoms with E-state index in [-0.39, 0.29) is 0 Å². The largest absolute Gasteiger partial charge is 0.497 e. The summed E-state index contributed by atoms with van der Waals surface area (Å²) in [6.45, 7) is 3.41. The molecular weight excluding hydrogens is 260 g/mol. The van der Waals surface area contributed by atoms with Crippen LogP contribution in [0.1, 0.15) is 44.2 Å². The van der Waals surface area contributed by atoms with Gasteiger partial charge in [0.05, 0.1) is 7.11 Å². The topological polar surface area (TPSA) is 24.5 Å². The van der Waals surface area contributed by atoms with E-state index in [1.165, 1.54) is 31.2 Å². The van der Waals surface area contributed by atoms with Gasteiger partial charge in [-0.15, -0.1) is 0 Å². The van der Waals surface area contributed by atoms with Gasteiger partial charge in [0, 0.05) is 24.7 Å². The van der Waals surface area contributed by atoms with Crippen LogP contribution in [0.5, 0.6) is 5.75 Å². The Labute approximate surface area is 128 Å². The van der Waals surface area contributed by atoms with E-state index in [0.29, 0.717) is 12.1 Å². The molecule has 0 aromatic heterocycles. The number of hydrogen-bond acceptors (Lipinski definition) is 3. The van der Waals surface area contributed by atoms with Crippen LogP contribution in [0.2, 0.25) is 0 Å². The molecule has 2 saturated carbocycles. The molecule has 2 unspecified atom stereocenters. The molecule has 0 saturated heterocycles. The molecule has 2 aliphatic rings. The molecule has 3 heteroatoms. The van der Waals surface area contributed by atoms with E-state index in [4.69, 9.17) is 4.74 Å². The van der Waals surface area contributed by atoms with Crippen LogP contribution in [0.15, 0.2) is 24.3 Å². The Morgan fingerprint density at radius 2 is 1.86 bits per heavy atom. The molecular formula is C18H28N2O. The first-order valence-corrected chi connectivity index (χ1v) is 8.28. The lowest BCUT2D eigenvalue weighted by Crippen LogP contribution is -2.40. The van der Waals surface area contributed by atoms with E-state index >= 15 is 0 Å². The number of rotatable bonds is 8. The Morgan fingerprint density at radius 1 is 1.19 bits per heavy atom. The second-order valence-corrected chi connectivity index (χ2v) is 6.74. The first-order chi connectivity index (χ1) is 10.2. The second kappa shape index (κ2) is 6.37. The zero-order valence-corrected chi connectivity index (χ0v) is 13.5. The summed E-state index contributed by atoms with van der Waals surface area (Å²) in [5.74, 6) is 1.76. The fourth-order valence-electron chi connectivity index (χ4n) is 3.08. The highest BCUT2D eigenvalue weighted by molar-refractivity contribution is 5.30.